The molecule has 16 heavy (non-hydrogen) atoms. The number of hydrogen-bond acceptors (Lipinski definition) is 4. The topological polar surface area (TPSA) is 86.9 Å². The zero-order chi connectivity index (χ0) is 12.1. The van der Waals surface area contributed by atoms with E-state index in [0.29, 0.717) is 32.6 Å². The third kappa shape index (κ3) is 4.16. The molecule has 0 aromatic heterocycles. The van der Waals surface area contributed by atoms with Crippen LogP contribution in [0.25, 0.3) is 0 Å². The van der Waals surface area contributed by atoms with Gasteiger partial charge in [0.25, 0.3) is 0 Å². The maximum absolute atomic E-state index is 11.6. The molecule has 6 heteroatoms. The van der Waals surface area contributed by atoms with Gasteiger partial charge in [-0.25, -0.2) is 0 Å². The highest BCUT2D eigenvalue weighted by Gasteiger charge is 2.22. The molecular formula is C10H19N3O3. The molecule has 1 aliphatic rings. The lowest BCUT2D eigenvalue weighted by molar-refractivity contribution is -0.139. The number of hydrogen-bond donors (Lipinski definition) is 2. The normalized spacial score (nSPS) is 19.5. The summed E-state index contributed by atoms with van der Waals surface area (Å²) in [7, 11) is 0. The first-order valence-electron chi connectivity index (χ1n) is 5.46. The Morgan fingerprint density at radius 3 is 2.31 bits per heavy atom. The summed E-state index contributed by atoms with van der Waals surface area (Å²) in [5, 5.41) is 8.62. The van der Waals surface area contributed by atoms with E-state index in [1.54, 1.807) is 11.8 Å². The molecule has 1 atom stereocenters. The maximum Gasteiger partial charge on any atom is 0.317 e. The first-order valence-corrected chi connectivity index (χ1v) is 5.46. The van der Waals surface area contributed by atoms with Gasteiger partial charge in [0, 0.05) is 38.6 Å². The minimum absolute atomic E-state index is 0.0509. The van der Waals surface area contributed by atoms with Crippen molar-refractivity contribution in [3.8, 4) is 0 Å². The predicted octanol–water partition coefficient (Wildman–Crippen LogP) is -1.05. The van der Waals surface area contributed by atoms with Crippen molar-refractivity contribution < 1.29 is 14.7 Å². The highest BCUT2D eigenvalue weighted by Crippen LogP contribution is 2.04. The molecular weight excluding hydrogens is 210 g/mol. The summed E-state index contributed by atoms with van der Waals surface area (Å²) in [6.07, 6.45) is 0.360. The lowest BCUT2D eigenvalue weighted by Gasteiger charge is -2.34. The Morgan fingerprint density at radius 1 is 1.31 bits per heavy atom. The number of nitrogens with zero attached hydrogens (tertiary/aromatic N) is 2. The van der Waals surface area contributed by atoms with Crippen molar-refractivity contribution in [2.45, 2.75) is 19.4 Å². The molecule has 1 saturated heterocycles. The first-order chi connectivity index (χ1) is 7.49. The van der Waals surface area contributed by atoms with Gasteiger partial charge in [-0.2, -0.15) is 0 Å². The molecule has 1 heterocycles. The van der Waals surface area contributed by atoms with Crippen LogP contribution in [-0.2, 0) is 9.59 Å². The Balaban J connectivity index is 2.31. The van der Waals surface area contributed by atoms with Crippen LogP contribution in [0.15, 0.2) is 0 Å². The van der Waals surface area contributed by atoms with E-state index in [0.717, 1.165) is 0 Å². The van der Waals surface area contributed by atoms with E-state index < -0.39 is 5.97 Å². The summed E-state index contributed by atoms with van der Waals surface area (Å²) >= 11 is 0. The molecule has 0 aromatic rings. The van der Waals surface area contributed by atoms with Gasteiger partial charge in [-0.15, -0.1) is 0 Å². The molecule has 0 saturated carbocycles. The average Bonchev–Trinajstić information content (AvgIpc) is 2.16. The monoisotopic (exact) mass is 229 g/mol. The van der Waals surface area contributed by atoms with Gasteiger partial charge in [-0.05, 0) is 6.92 Å². The lowest BCUT2D eigenvalue weighted by Crippen LogP contribution is -2.50. The molecule has 1 unspecified atom stereocenters. The van der Waals surface area contributed by atoms with E-state index in [2.05, 4.69) is 0 Å². The number of carboxylic acid groups (broad SMARTS) is 1. The fourth-order valence-electron chi connectivity index (χ4n) is 1.75. The Bertz CT molecular complexity index is 260. The minimum atomic E-state index is -0.824. The van der Waals surface area contributed by atoms with Gasteiger partial charge in [0.1, 0.15) is 0 Å². The number of piperazine rings is 1. The zero-order valence-electron chi connectivity index (χ0n) is 9.56. The number of rotatable bonds is 4. The molecule has 1 fully saturated rings. The molecule has 0 spiro atoms. The molecule has 0 radical (unpaired) electrons. The molecule has 6 nitrogen and oxygen atoms in total. The van der Waals surface area contributed by atoms with Gasteiger partial charge < -0.3 is 15.7 Å². The number of carboxylic acids is 1. The second-order valence-electron chi connectivity index (χ2n) is 4.23. The second-order valence-corrected chi connectivity index (χ2v) is 4.23. The van der Waals surface area contributed by atoms with Crippen molar-refractivity contribution in [1.82, 2.24) is 9.80 Å². The summed E-state index contributed by atoms with van der Waals surface area (Å²) in [6, 6.07) is -0.121. The maximum atomic E-state index is 11.6. The predicted molar refractivity (Wildman–Crippen MR) is 58.9 cm³/mol. The zero-order valence-corrected chi connectivity index (χ0v) is 9.56. The Hall–Kier alpha value is -1.14. The fraction of sp³-hybridized carbons (Fsp3) is 0.800. The Kier molecular flexibility index (Phi) is 4.70. The highest BCUT2D eigenvalue weighted by atomic mass is 16.4. The number of amides is 1. The van der Waals surface area contributed by atoms with Crippen LogP contribution >= 0.6 is 0 Å². The number of carbonyl (C=O) groups excluding carboxylic acids is 1. The van der Waals surface area contributed by atoms with Gasteiger partial charge in [-0.3, -0.25) is 14.5 Å². The van der Waals surface area contributed by atoms with Gasteiger partial charge in [-0.1, -0.05) is 0 Å². The van der Waals surface area contributed by atoms with E-state index in [1.165, 1.54) is 0 Å². The van der Waals surface area contributed by atoms with Crippen LogP contribution in [0.2, 0.25) is 0 Å². The highest BCUT2D eigenvalue weighted by molar-refractivity contribution is 5.77. The van der Waals surface area contributed by atoms with Crippen molar-refractivity contribution in [1.29, 1.82) is 0 Å². The quantitative estimate of drug-likeness (QED) is 0.642. The largest absolute Gasteiger partial charge is 0.480 e. The molecule has 1 amide bonds. The minimum Gasteiger partial charge on any atom is -0.480 e. The molecule has 1 rings (SSSR count). The van der Waals surface area contributed by atoms with Gasteiger partial charge in [0.15, 0.2) is 0 Å². The third-order valence-corrected chi connectivity index (χ3v) is 2.58. The van der Waals surface area contributed by atoms with Crippen LogP contribution in [0.3, 0.4) is 0 Å². The van der Waals surface area contributed by atoms with Crippen molar-refractivity contribution in [2.75, 3.05) is 32.7 Å². The van der Waals surface area contributed by atoms with E-state index in [1.807, 2.05) is 4.90 Å². The third-order valence-electron chi connectivity index (χ3n) is 2.58. The van der Waals surface area contributed by atoms with Crippen LogP contribution in [-0.4, -0.2) is 65.5 Å². The summed E-state index contributed by atoms with van der Waals surface area (Å²) in [6.45, 7) is 4.29. The van der Waals surface area contributed by atoms with Crippen molar-refractivity contribution in [2.24, 2.45) is 5.73 Å². The van der Waals surface area contributed by atoms with Crippen LogP contribution in [0.4, 0.5) is 0 Å². The standard InChI is InChI=1S/C10H19N3O3/c1-8(11)6-9(14)13-4-2-12(3-5-13)7-10(15)16/h8H,2-7,11H2,1H3,(H,15,16). The summed E-state index contributed by atoms with van der Waals surface area (Å²) in [4.78, 5) is 25.7. The van der Waals surface area contributed by atoms with Crippen LogP contribution in [0, 0.1) is 0 Å². The van der Waals surface area contributed by atoms with Crippen LogP contribution in [0.1, 0.15) is 13.3 Å². The van der Waals surface area contributed by atoms with Crippen molar-refractivity contribution in [3.63, 3.8) is 0 Å². The molecule has 92 valence electrons. The first kappa shape index (κ1) is 12.9. The fourth-order valence-corrected chi connectivity index (χ4v) is 1.75. The summed E-state index contributed by atoms with van der Waals surface area (Å²) in [5.41, 5.74) is 5.56. The van der Waals surface area contributed by atoms with E-state index in [9.17, 15) is 9.59 Å². The van der Waals surface area contributed by atoms with E-state index in [4.69, 9.17) is 10.8 Å². The Labute approximate surface area is 95.0 Å². The van der Waals surface area contributed by atoms with Crippen LogP contribution in [0.5, 0.6) is 0 Å². The molecule has 0 aromatic carbocycles. The molecule has 0 bridgehead atoms. The molecule has 1 aliphatic heterocycles. The average molecular weight is 229 g/mol. The number of carbonyl (C=O) groups is 2. The SMILES string of the molecule is CC(N)CC(=O)N1CCN(CC(=O)O)CC1. The summed E-state index contributed by atoms with van der Waals surface area (Å²) in [5.74, 6) is -0.764. The smallest absolute Gasteiger partial charge is 0.317 e. The molecule has 0 aliphatic carbocycles. The van der Waals surface area contributed by atoms with Crippen molar-refractivity contribution >= 4 is 11.9 Å². The van der Waals surface area contributed by atoms with E-state index in [-0.39, 0.29) is 18.5 Å². The van der Waals surface area contributed by atoms with Gasteiger partial charge >= 0.3 is 5.97 Å². The van der Waals surface area contributed by atoms with E-state index >= 15 is 0 Å². The Morgan fingerprint density at radius 2 is 1.88 bits per heavy atom. The second kappa shape index (κ2) is 5.81. The molecule has 3 N–H and O–H groups in total. The van der Waals surface area contributed by atoms with Gasteiger partial charge in [0.05, 0.1) is 6.54 Å². The number of aliphatic carboxylic acids is 1. The van der Waals surface area contributed by atoms with Gasteiger partial charge in [0.2, 0.25) is 5.91 Å². The van der Waals surface area contributed by atoms with Crippen molar-refractivity contribution in [3.05, 3.63) is 0 Å². The lowest BCUT2D eigenvalue weighted by atomic mass is 10.2. The summed E-state index contributed by atoms with van der Waals surface area (Å²) < 4.78 is 0. The van der Waals surface area contributed by atoms with Crippen LogP contribution < -0.4 is 5.73 Å². The number of nitrogens with two attached hydrogens (primary N) is 1.